The van der Waals surface area contributed by atoms with Crippen molar-refractivity contribution in [2.75, 3.05) is 13.6 Å². The van der Waals surface area contributed by atoms with Crippen LogP contribution in [0.1, 0.15) is 41.6 Å². The van der Waals surface area contributed by atoms with Gasteiger partial charge in [0.05, 0.1) is 5.60 Å². The Morgan fingerprint density at radius 3 is 2.63 bits per heavy atom. The van der Waals surface area contributed by atoms with Gasteiger partial charge in [-0.1, -0.05) is 28.8 Å². The summed E-state index contributed by atoms with van der Waals surface area (Å²) < 4.78 is 1.00. The van der Waals surface area contributed by atoms with Crippen molar-refractivity contribution in [2.24, 2.45) is 0 Å². The van der Waals surface area contributed by atoms with Gasteiger partial charge in [0.1, 0.15) is 0 Å². The molecule has 4 heteroatoms. The first-order chi connectivity index (χ1) is 8.91. The summed E-state index contributed by atoms with van der Waals surface area (Å²) in [5.41, 5.74) is 1.03. The number of carbonyl (C=O) groups is 1. The van der Waals surface area contributed by atoms with Crippen molar-refractivity contribution in [1.29, 1.82) is 0 Å². The third kappa shape index (κ3) is 3.37. The molecule has 1 aromatic rings. The molecule has 0 heterocycles. The van der Waals surface area contributed by atoms with E-state index < -0.39 is 5.60 Å². The van der Waals surface area contributed by atoms with Crippen molar-refractivity contribution in [1.82, 2.24) is 4.90 Å². The SMILES string of the molecule is Cc1cc(C(=O)N(C)CC2(O)CCCC2)ccc1Br. The summed E-state index contributed by atoms with van der Waals surface area (Å²) in [5.74, 6) is -0.0316. The Hall–Kier alpha value is -0.870. The van der Waals surface area contributed by atoms with Crippen molar-refractivity contribution in [3.63, 3.8) is 0 Å². The highest BCUT2D eigenvalue weighted by molar-refractivity contribution is 9.10. The third-order valence-electron chi connectivity index (χ3n) is 3.82. The van der Waals surface area contributed by atoms with Crippen LogP contribution in [-0.2, 0) is 0 Å². The topological polar surface area (TPSA) is 40.5 Å². The van der Waals surface area contributed by atoms with Gasteiger partial charge < -0.3 is 10.0 Å². The van der Waals surface area contributed by atoms with Crippen LogP contribution < -0.4 is 0 Å². The Morgan fingerprint density at radius 1 is 1.42 bits per heavy atom. The summed E-state index contributed by atoms with van der Waals surface area (Å²) in [5, 5.41) is 10.4. The molecule has 0 aromatic heterocycles. The van der Waals surface area contributed by atoms with Crippen molar-refractivity contribution in [3.05, 3.63) is 33.8 Å². The summed E-state index contributed by atoms with van der Waals surface area (Å²) in [6.07, 6.45) is 3.69. The normalized spacial score (nSPS) is 17.5. The van der Waals surface area contributed by atoms with Crippen LogP contribution >= 0.6 is 15.9 Å². The number of halogens is 1. The lowest BCUT2D eigenvalue weighted by Crippen LogP contribution is -2.42. The van der Waals surface area contributed by atoms with Crippen LogP contribution in [0.15, 0.2) is 22.7 Å². The van der Waals surface area contributed by atoms with E-state index in [1.54, 1.807) is 11.9 Å². The lowest BCUT2D eigenvalue weighted by Gasteiger charge is -2.28. The Morgan fingerprint density at radius 2 is 2.05 bits per heavy atom. The second kappa shape index (κ2) is 5.63. The average Bonchev–Trinajstić information content (AvgIpc) is 2.78. The van der Waals surface area contributed by atoms with E-state index in [0.717, 1.165) is 35.7 Å². The van der Waals surface area contributed by atoms with E-state index in [1.807, 2.05) is 25.1 Å². The van der Waals surface area contributed by atoms with E-state index in [1.165, 1.54) is 0 Å². The molecular formula is C15H20BrNO2. The van der Waals surface area contributed by atoms with Gasteiger partial charge in [-0.2, -0.15) is 0 Å². The standard InChI is InChI=1S/C15H20BrNO2/c1-11-9-12(5-6-13(11)16)14(18)17(2)10-15(19)7-3-4-8-15/h5-6,9,19H,3-4,7-8,10H2,1-2H3. The Balaban J connectivity index is 2.08. The maximum Gasteiger partial charge on any atom is 0.253 e. The fraction of sp³-hybridized carbons (Fsp3) is 0.533. The molecule has 19 heavy (non-hydrogen) atoms. The summed E-state index contributed by atoms with van der Waals surface area (Å²) in [7, 11) is 1.76. The molecule has 1 N–H and O–H groups in total. The molecule has 0 saturated heterocycles. The quantitative estimate of drug-likeness (QED) is 0.927. The fourth-order valence-electron chi connectivity index (χ4n) is 2.70. The zero-order valence-corrected chi connectivity index (χ0v) is 13.0. The number of rotatable bonds is 3. The molecule has 0 spiro atoms. The number of aryl methyl sites for hydroxylation is 1. The smallest absolute Gasteiger partial charge is 0.253 e. The molecule has 1 aliphatic rings. The number of aliphatic hydroxyl groups is 1. The average molecular weight is 326 g/mol. The molecular weight excluding hydrogens is 306 g/mol. The van der Waals surface area contributed by atoms with E-state index in [0.29, 0.717) is 12.1 Å². The minimum Gasteiger partial charge on any atom is -0.388 e. The van der Waals surface area contributed by atoms with Gasteiger partial charge in [0, 0.05) is 23.6 Å². The second-order valence-corrected chi connectivity index (χ2v) is 6.41. The van der Waals surface area contributed by atoms with Crippen molar-refractivity contribution < 1.29 is 9.90 Å². The van der Waals surface area contributed by atoms with E-state index in [4.69, 9.17) is 0 Å². The van der Waals surface area contributed by atoms with E-state index in [-0.39, 0.29) is 5.91 Å². The summed E-state index contributed by atoms with van der Waals surface area (Å²) >= 11 is 3.43. The molecule has 0 unspecified atom stereocenters. The van der Waals surface area contributed by atoms with E-state index >= 15 is 0 Å². The van der Waals surface area contributed by atoms with Crippen LogP contribution in [0.25, 0.3) is 0 Å². The number of hydrogen-bond donors (Lipinski definition) is 1. The summed E-state index contributed by atoms with van der Waals surface area (Å²) in [6, 6.07) is 5.58. The first-order valence-electron chi connectivity index (χ1n) is 6.65. The molecule has 104 valence electrons. The maximum atomic E-state index is 12.3. The van der Waals surface area contributed by atoms with Crippen LogP contribution in [-0.4, -0.2) is 35.1 Å². The predicted molar refractivity (Wildman–Crippen MR) is 79.3 cm³/mol. The summed E-state index contributed by atoms with van der Waals surface area (Å²) in [6.45, 7) is 2.38. The molecule has 1 fully saturated rings. The molecule has 0 aliphatic heterocycles. The van der Waals surface area contributed by atoms with Gasteiger partial charge in [-0.25, -0.2) is 0 Å². The lowest BCUT2D eigenvalue weighted by atomic mass is 10.0. The molecule has 0 atom stereocenters. The van der Waals surface area contributed by atoms with Crippen LogP contribution in [0.5, 0.6) is 0 Å². The number of carbonyl (C=O) groups excluding carboxylic acids is 1. The fourth-order valence-corrected chi connectivity index (χ4v) is 2.95. The number of likely N-dealkylation sites (N-methyl/N-ethyl adjacent to an activating group) is 1. The highest BCUT2D eigenvalue weighted by Crippen LogP contribution is 2.30. The zero-order valence-electron chi connectivity index (χ0n) is 11.4. The lowest BCUT2D eigenvalue weighted by molar-refractivity contribution is 0.0157. The van der Waals surface area contributed by atoms with Crippen molar-refractivity contribution in [3.8, 4) is 0 Å². The van der Waals surface area contributed by atoms with Gasteiger partial charge in [0.2, 0.25) is 0 Å². The Bertz CT molecular complexity index is 481. The van der Waals surface area contributed by atoms with Gasteiger partial charge in [-0.3, -0.25) is 4.79 Å². The molecule has 1 aliphatic carbocycles. The molecule has 2 rings (SSSR count). The zero-order chi connectivity index (χ0) is 14.0. The highest BCUT2D eigenvalue weighted by atomic mass is 79.9. The number of nitrogens with zero attached hydrogens (tertiary/aromatic N) is 1. The van der Waals surface area contributed by atoms with Crippen molar-refractivity contribution in [2.45, 2.75) is 38.2 Å². The number of amides is 1. The minimum absolute atomic E-state index is 0.0316. The Kier molecular flexibility index (Phi) is 4.31. The van der Waals surface area contributed by atoms with Gasteiger partial charge in [0.25, 0.3) is 5.91 Å². The van der Waals surface area contributed by atoms with E-state index in [9.17, 15) is 9.90 Å². The van der Waals surface area contributed by atoms with Crippen LogP contribution in [0, 0.1) is 6.92 Å². The van der Waals surface area contributed by atoms with Crippen LogP contribution in [0.4, 0.5) is 0 Å². The first kappa shape index (κ1) is 14.5. The van der Waals surface area contributed by atoms with Gasteiger partial charge in [-0.15, -0.1) is 0 Å². The second-order valence-electron chi connectivity index (χ2n) is 5.56. The molecule has 3 nitrogen and oxygen atoms in total. The molecule has 0 bridgehead atoms. The van der Waals surface area contributed by atoms with Crippen molar-refractivity contribution >= 4 is 21.8 Å². The van der Waals surface area contributed by atoms with Crippen LogP contribution in [0.3, 0.4) is 0 Å². The molecule has 0 radical (unpaired) electrons. The third-order valence-corrected chi connectivity index (χ3v) is 4.71. The minimum atomic E-state index is -0.686. The van der Waals surface area contributed by atoms with Crippen LogP contribution in [0.2, 0.25) is 0 Å². The molecule has 1 aromatic carbocycles. The van der Waals surface area contributed by atoms with Gasteiger partial charge in [0.15, 0.2) is 0 Å². The van der Waals surface area contributed by atoms with Gasteiger partial charge >= 0.3 is 0 Å². The number of benzene rings is 1. The van der Waals surface area contributed by atoms with Gasteiger partial charge in [-0.05, 0) is 43.5 Å². The maximum absolute atomic E-state index is 12.3. The summed E-state index contributed by atoms with van der Waals surface area (Å²) in [4.78, 5) is 14.0. The first-order valence-corrected chi connectivity index (χ1v) is 7.45. The highest BCUT2D eigenvalue weighted by Gasteiger charge is 2.33. The Labute approximate surface area is 122 Å². The number of hydrogen-bond acceptors (Lipinski definition) is 2. The monoisotopic (exact) mass is 325 g/mol. The van der Waals surface area contributed by atoms with E-state index in [2.05, 4.69) is 15.9 Å². The molecule has 1 saturated carbocycles. The largest absolute Gasteiger partial charge is 0.388 e. The molecule has 1 amide bonds. The predicted octanol–water partition coefficient (Wildman–Crippen LogP) is 3.13.